The minimum absolute atomic E-state index is 0.0867. The fourth-order valence-corrected chi connectivity index (χ4v) is 5.11. The highest BCUT2D eigenvalue weighted by Crippen LogP contribution is 2.38. The molecule has 0 saturated carbocycles. The van der Waals surface area contributed by atoms with Crippen LogP contribution in [0.15, 0.2) is 113 Å². The molecule has 192 valence electrons. The van der Waals surface area contributed by atoms with Gasteiger partial charge in [-0.2, -0.15) is 0 Å². The van der Waals surface area contributed by atoms with Crippen LogP contribution in [0.1, 0.15) is 56.2 Å². The molecule has 4 heteroatoms. The largest absolute Gasteiger partial charge is 0.255 e. The van der Waals surface area contributed by atoms with Crippen LogP contribution >= 0.6 is 0 Å². The van der Waals surface area contributed by atoms with Crippen LogP contribution in [0.4, 0.5) is 11.4 Å². The fraction of sp³-hybridized carbons (Fsp3) is 0.143. The highest BCUT2D eigenvalue weighted by Gasteiger charge is 2.20. The summed E-state index contributed by atoms with van der Waals surface area (Å²) in [6, 6.07) is 31.5. The summed E-state index contributed by atoms with van der Waals surface area (Å²) in [4.78, 5) is 18.3. The van der Waals surface area contributed by atoms with Gasteiger partial charge < -0.3 is 0 Å². The second kappa shape index (κ2) is 11.8. The Hall–Kier alpha value is -4.70. The second-order valence-corrected chi connectivity index (χ2v) is 9.88. The van der Waals surface area contributed by atoms with Gasteiger partial charge in [-0.05, 0) is 90.9 Å². The molecule has 0 aliphatic rings. The van der Waals surface area contributed by atoms with Gasteiger partial charge in [0, 0.05) is 18.3 Å². The summed E-state index contributed by atoms with van der Waals surface area (Å²) in [6.07, 6.45) is 7.24. The number of rotatable bonds is 7. The van der Waals surface area contributed by atoms with E-state index >= 15 is 0 Å². The van der Waals surface area contributed by atoms with Crippen LogP contribution in [0, 0.1) is 27.7 Å². The van der Waals surface area contributed by atoms with Crippen LogP contribution in [0.2, 0.25) is 0 Å². The van der Waals surface area contributed by atoms with Gasteiger partial charge in [0.2, 0.25) is 0 Å². The Bertz CT molecular complexity index is 1470. The monoisotopic (exact) mass is 508 g/mol. The Kier molecular flexibility index (Phi) is 7.83. The van der Waals surface area contributed by atoms with Gasteiger partial charge >= 0.3 is 0 Å². The summed E-state index contributed by atoms with van der Waals surface area (Å²) in [5, 5.41) is 0. The van der Waals surface area contributed by atoms with Gasteiger partial charge in [0.1, 0.15) is 0 Å². The topological polar surface area (TPSA) is 50.5 Å². The summed E-state index contributed by atoms with van der Waals surface area (Å²) in [7, 11) is 0. The van der Waals surface area contributed by atoms with E-state index in [1.54, 1.807) is 12.4 Å². The lowest BCUT2D eigenvalue weighted by molar-refractivity contribution is 0.964. The molecule has 0 aliphatic heterocycles. The molecule has 0 saturated heterocycles. The number of aryl methyl sites for hydroxylation is 4. The van der Waals surface area contributed by atoms with Crippen LogP contribution in [0.25, 0.3) is 0 Å². The fourth-order valence-electron chi connectivity index (χ4n) is 5.11. The lowest BCUT2D eigenvalue weighted by atomic mass is 9.82. The van der Waals surface area contributed by atoms with Crippen LogP contribution in [0.5, 0.6) is 0 Å². The second-order valence-electron chi connectivity index (χ2n) is 9.88. The van der Waals surface area contributed by atoms with Gasteiger partial charge in [0.25, 0.3) is 0 Å². The first-order chi connectivity index (χ1) is 19.0. The number of hydrogen-bond donors (Lipinski definition) is 0. The van der Waals surface area contributed by atoms with Crippen molar-refractivity contribution >= 4 is 23.8 Å². The molecule has 0 amide bonds. The summed E-state index contributed by atoms with van der Waals surface area (Å²) >= 11 is 0. The van der Waals surface area contributed by atoms with Gasteiger partial charge in [-0.15, -0.1) is 0 Å². The van der Waals surface area contributed by atoms with Gasteiger partial charge in [-0.1, -0.05) is 66.7 Å². The Balaban J connectivity index is 1.55. The highest BCUT2D eigenvalue weighted by atomic mass is 14.8. The first kappa shape index (κ1) is 25.9. The van der Waals surface area contributed by atoms with Gasteiger partial charge in [0.15, 0.2) is 0 Å². The van der Waals surface area contributed by atoms with Crippen molar-refractivity contribution in [2.45, 2.75) is 33.6 Å². The predicted molar refractivity (Wildman–Crippen MR) is 162 cm³/mol. The Morgan fingerprint density at radius 3 is 1.31 bits per heavy atom. The molecular formula is C35H32N4. The number of aromatic nitrogens is 2. The van der Waals surface area contributed by atoms with Crippen molar-refractivity contribution in [3.05, 3.63) is 154 Å². The van der Waals surface area contributed by atoms with E-state index in [0.29, 0.717) is 0 Å². The molecule has 0 aliphatic carbocycles. The molecule has 0 N–H and O–H groups in total. The molecule has 5 aromatic rings. The van der Waals surface area contributed by atoms with Crippen LogP contribution in [-0.4, -0.2) is 22.4 Å². The molecule has 2 aromatic heterocycles. The SMILES string of the molecule is Cc1cc(C(c2ccccc2)c2cc(C)c(N=Cc3ccccn3)c(C)c2)cc(C)c1N=Cc1ccccn1. The third-order valence-electron chi connectivity index (χ3n) is 6.85. The molecule has 0 fully saturated rings. The number of nitrogens with zero attached hydrogens (tertiary/aromatic N) is 4. The smallest absolute Gasteiger partial charge is 0.0812 e. The van der Waals surface area contributed by atoms with E-state index in [1.165, 1.54) is 16.7 Å². The van der Waals surface area contributed by atoms with Crippen LogP contribution in [-0.2, 0) is 0 Å². The van der Waals surface area contributed by atoms with Crippen LogP contribution in [0.3, 0.4) is 0 Å². The maximum absolute atomic E-state index is 4.80. The number of aliphatic imine (C=N–C) groups is 2. The average molecular weight is 509 g/mol. The van der Waals surface area contributed by atoms with E-state index in [2.05, 4.69) is 92.3 Å². The maximum atomic E-state index is 4.80. The molecular weight excluding hydrogens is 476 g/mol. The summed E-state index contributed by atoms with van der Waals surface area (Å²) in [6.45, 7) is 8.54. The molecule has 5 rings (SSSR count). The molecule has 0 bridgehead atoms. The third-order valence-corrected chi connectivity index (χ3v) is 6.85. The molecule has 39 heavy (non-hydrogen) atoms. The van der Waals surface area contributed by atoms with Crippen molar-refractivity contribution < 1.29 is 0 Å². The van der Waals surface area contributed by atoms with E-state index in [-0.39, 0.29) is 5.92 Å². The molecule has 0 atom stereocenters. The van der Waals surface area contributed by atoms with E-state index in [9.17, 15) is 0 Å². The van der Waals surface area contributed by atoms with Gasteiger partial charge in [-0.3, -0.25) is 20.0 Å². The van der Waals surface area contributed by atoms with Crippen molar-refractivity contribution in [2.24, 2.45) is 9.98 Å². The Morgan fingerprint density at radius 2 is 0.923 bits per heavy atom. The van der Waals surface area contributed by atoms with E-state index in [0.717, 1.165) is 45.0 Å². The van der Waals surface area contributed by atoms with E-state index in [4.69, 9.17) is 9.98 Å². The zero-order valence-corrected chi connectivity index (χ0v) is 22.8. The molecule has 0 radical (unpaired) electrons. The maximum Gasteiger partial charge on any atom is 0.0812 e. The summed E-state index contributed by atoms with van der Waals surface area (Å²) < 4.78 is 0. The first-order valence-electron chi connectivity index (χ1n) is 13.2. The average Bonchev–Trinajstić information content (AvgIpc) is 2.94. The van der Waals surface area contributed by atoms with Crippen molar-refractivity contribution in [2.75, 3.05) is 0 Å². The zero-order chi connectivity index (χ0) is 27.2. The first-order valence-corrected chi connectivity index (χ1v) is 13.2. The van der Waals surface area contributed by atoms with Crippen molar-refractivity contribution in [1.29, 1.82) is 0 Å². The number of hydrogen-bond acceptors (Lipinski definition) is 4. The highest BCUT2D eigenvalue weighted by molar-refractivity contribution is 5.81. The standard InChI is InChI=1S/C35H32N4/c1-24-18-29(19-25(2)34(24)38-22-31-14-8-10-16-36-31)33(28-12-6-5-7-13-28)30-20-26(3)35(27(4)21-30)39-23-32-15-9-11-17-37-32/h5-23,33H,1-4H3. The molecule has 2 heterocycles. The Morgan fingerprint density at radius 1 is 0.513 bits per heavy atom. The van der Waals surface area contributed by atoms with E-state index < -0.39 is 0 Å². The normalized spacial score (nSPS) is 12.3. The number of pyridine rings is 2. The van der Waals surface area contributed by atoms with Gasteiger partial charge in [0.05, 0.1) is 35.2 Å². The summed E-state index contributed by atoms with van der Waals surface area (Å²) in [5.41, 5.74) is 12.0. The van der Waals surface area contributed by atoms with E-state index in [1.807, 2.05) is 48.8 Å². The Labute approximate surface area is 230 Å². The third kappa shape index (κ3) is 6.07. The van der Waals surface area contributed by atoms with Gasteiger partial charge in [-0.25, -0.2) is 0 Å². The lowest BCUT2D eigenvalue weighted by Gasteiger charge is -2.22. The number of benzene rings is 3. The zero-order valence-electron chi connectivity index (χ0n) is 22.8. The van der Waals surface area contributed by atoms with Crippen molar-refractivity contribution in [3.8, 4) is 0 Å². The van der Waals surface area contributed by atoms with Crippen molar-refractivity contribution in [3.63, 3.8) is 0 Å². The summed E-state index contributed by atoms with van der Waals surface area (Å²) in [5.74, 6) is 0.0867. The van der Waals surface area contributed by atoms with Crippen LogP contribution < -0.4 is 0 Å². The molecule has 4 nitrogen and oxygen atoms in total. The molecule has 0 spiro atoms. The predicted octanol–water partition coefficient (Wildman–Crippen LogP) is 8.39. The quantitative estimate of drug-likeness (QED) is 0.164. The molecule has 0 unspecified atom stereocenters. The minimum Gasteiger partial charge on any atom is -0.255 e. The molecule has 3 aromatic carbocycles. The van der Waals surface area contributed by atoms with Crippen molar-refractivity contribution in [1.82, 2.24) is 9.97 Å². The minimum atomic E-state index is 0.0867. The lowest BCUT2D eigenvalue weighted by Crippen LogP contribution is -2.05.